The Morgan fingerprint density at radius 2 is 1.91 bits per heavy atom. The summed E-state index contributed by atoms with van der Waals surface area (Å²) in [6, 6.07) is 6.97. The molecule has 5 rings (SSSR count). The average Bonchev–Trinajstić information content (AvgIpc) is 3.40. The molecule has 1 aliphatic rings. The molecule has 3 aromatic heterocycles. The lowest BCUT2D eigenvalue weighted by molar-refractivity contribution is -0.133. The molecule has 1 aromatic carbocycles. The molecule has 1 aliphatic carbocycles. The Bertz CT molecular complexity index is 1480. The molecule has 0 bridgehead atoms. The normalized spacial score (nSPS) is 13.5. The molecule has 12 heteroatoms. The van der Waals surface area contributed by atoms with E-state index in [4.69, 9.17) is 16.0 Å². The Kier molecular flexibility index (Phi) is 5.12. The van der Waals surface area contributed by atoms with Crippen LogP contribution in [0, 0.1) is 0 Å². The fourth-order valence-corrected chi connectivity index (χ4v) is 3.87. The molecule has 0 aliphatic heterocycles. The first kappa shape index (κ1) is 21.1. The van der Waals surface area contributed by atoms with Crippen LogP contribution in [0.1, 0.15) is 18.7 Å². The highest BCUT2D eigenvalue weighted by Gasteiger charge is 2.34. The standard InChI is InChI=1S/C21H20ClN7O4/c1-26-11-23-18-17(26)20(31)29(21(32)27(18)2)10-16(30)28(14-7-8-14)9-15-24-25-19(33-15)12-3-5-13(22)6-4-12/h3-6,11,14H,7-10H2,1-2H3. The van der Waals surface area contributed by atoms with E-state index < -0.39 is 11.2 Å². The van der Waals surface area contributed by atoms with Crippen molar-refractivity contribution < 1.29 is 9.21 Å². The lowest BCUT2D eigenvalue weighted by Gasteiger charge is -2.21. The third kappa shape index (κ3) is 3.84. The highest BCUT2D eigenvalue weighted by atomic mass is 35.5. The van der Waals surface area contributed by atoms with Crippen LogP contribution in [0.5, 0.6) is 0 Å². The summed E-state index contributed by atoms with van der Waals surface area (Å²) >= 11 is 5.92. The number of aromatic nitrogens is 6. The number of fused-ring (bicyclic) bond motifs is 1. The molecule has 0 unspecified atom stereocenters. The number of carbonyl (C=O) groups is 1. The molecule has 0 saturated heterocycles. The first-order chi connectivity index (χ1) is 15.8. The van der Waals surface area contributed by atoms with E-state index in [9.17, 15) is 14.4 Å². The van der Waals surface area contributed by atoms with E-state index in [1.165, 1.54) is 22.5 Å². The van der Waals surface area contributed by atoms with Crippen LogP contribution >= 0.6 is 11.6 Å². The molecule has 1 saturated carbocycles. The minimum atomic E-state index is -0.599. The first-order valence-electron chi connectivity index (χ1n) is 10.3. The smallest absolute Gasteiger partial charge is 0.332 e. The van der Waals surface area contributed by atoms with Crippen molar-refractivity contribution in [2.45, 2.75) is 32.0 Å². The third-order valence-corrected chi connectivity index (χ3v) is 5.92. The zero-order valence-corrected chi connectivity index (χ0v) is 18.7. The number of rotatable bonds is 6. The molecule has 0 N–H and O–H groups in total. The highest BCUT2D eigenvalue weighted by molar-refractivity contribution is 6.30. The van der Waals surface area contributed by atoms with Crippen LogP contribution in [-0.4, -0.2) is 45.7 Å². The molecule has 33 heavy (non-hydrogen) atoms. The van der Waals surface area contributed by atoms with E-state index in [2.05, 4.69) is 15.2 Å². The minimum absolute atomic E-state index is 0.00312. The Morgan fingerprint density at radius 3 is 2.61 bits per heavy atom. The summed E-state index contributed by atoms with van der Waals surface area (Å²) in [5.74, 6) is 0.212. The Morgan fingerprint density at radius 1 is 1.18 bits per heavy atom. The fraction of sp³-hybridized carbons (Fsp3) is 0.333. The molecule has 11 nitrogen and oxygen atoms in total. The molecular weight excluding hydrogens is 450 g/mol. The number of nitrogens with zero attached hydrogens (tertiary/aromatic N) is 7. The van der Waals surface area contributed by atoms with Gasteiger partial charge in [-0.25, -0.2) is 14.3 Å². The van der Waals surface area contributed by atoms with Gasteiger partial charge in [-0.1, -0.05) is 11.6 Å². The van der Waals surface area contributed by atoms with Gasteiger partial charge < -0.3 is 13.9 Å². The van der Waals surface area contributed by atoms with E-state index >= 15 is 0 Å². The summed E-state index contributed by atoms with van der Waals surface area (Å²) in [5.41, 5.74) is 0.0864. The Hall–Kier alpha value is -3.73. The average molecular weight is 470 g/mol. The van der Waals surface area contributed by atoms with Gasteiger partial charge in [0.25, 0.3) is 5.56 Å². The van der Waals surface area contributed by atoms with Crippen LogP contribution in [-0.2, 0) is 32.0 Å². The van der Waals surface area contributed by atoms with E-state index in [1.807, 2.05) is 0 Å². The van der Waals surface area contributed by atoms with Crippen LogP contribution < -0.4 is 11.2 Å². The number of hydrogen-bond acceptors (Lipinski definition) is 7. The van der Waals surface area contributed by atoms with Gasteiger partial charge in [0.1, 0.15) is 6.54 Å². The maximum atomic E-state index is 13.2. The van der Waals surface area contributed by atoms with Gasteiger partial charge in [0, 0.05) is 30.7 Å². The fourth-order valence-electron chi connectivity index (χ4n) is 3.74. The number of benzene rings is 1. The molecule has 0 radical (unpaired) electrons. The van der Waals surface area contributed by atoms with Gasteiger partial charge in [-0.15, -0.1) is 10.2 Å². The summed E-state index contributed by atoms with van der Waals surface area (Å²) < 4.78 is 9.48. The number of imidazole rings is 1. The van der Waals surface area contributed by atoms with Gasteiger partial charge in [-0.3, -0.25) is 14.2 Å². The van der Waals surface area contributed by atoms with E-state index in [0.717, 1.165) is 17.4 Å². The summed E-state index contributed by atoms with van der Waals surface area (Å²) in [4.78, 5) is 44.6. The topological polar surface area (TPSA) is 121 Å². The van der Waals surface area contributed by atoms with E-state index in [-0.39, 0.29) is 42.1 Å². The first-order valence-corrected chi connectivity index (χ1v) is 10.7. The highest BCUT2D eigenvalue weighted by Crippen LogP contribution is 2.29. The van der Waals surface area contributed by atoms with Gasteiger partial charge in [-0.05, 0) is 37.1 Å². The van der Waals surface area contributed by atoms with Crippen molar-refractivity contribution in [3.8, 4) is 11.5 Å². The van der Waals surface area contributed by atoms with Crippen molar-refractivity contribution in [3.05, 3.63) is 62.3 Å². The quantitative estimate of drug-likeness (QED) is 0.417. The van der Waals surface area contributed by atoms with Crippen LogP contribution in [0.25, 0.3) is 22.6 Å². The van der Waals surface area contributed by atoms with Gasteiger partial charge in [0.05, 0.1) is 12.9 Å². The number of carbonyl (C=O) groups excluding carboxylic acids is 1. The lowest BCUT2D eigenvalue weighted by Crippen LogP contribution is -2.45. The van der Waals surface area contributed by atoms with Crippen molar-refractivity contribution >= 4 is 28.7 Å². The predicted octanol–water partition coefficient (Wildman–Crippen LogP) is 1.33. The van der Waals surface area contributed by atoms with Gasteiger partial charge in [-0.2, -0.15) is 0 Å². The maximum absolute atomic E-state index is 13.2. The van der Waals surface area contributed by atoms with Crippen molar-refractivity contribution in [1.29, 1.82) is 0 Å². The second-order valence-electron chi connectivity index (χ2n) is 8.02. The zero-order chi connectivity index (χ0) is 23.3. The molecular formula is C21H20ClN7O4. The molecule has 3 heterocycles. The SMILES string of the molecule is Cn1cnc2c1c(=O)n(CC(=O)N(Cc1nnc(-c3ccc(Cl)cc3)o1)C1CC1)c(=O)n2C. The van der Waals surface area contributed by atoms with E-state index in [1.54, 1.807) is 36.2 Å². The third-order valence-electron chi connectivity index (χ3n) is 5.67. The molecule has 0 spiro atoms. The molecule has 1 amide bonds. The molecule has 4 aromatic rings. The number of amides is 1. The van der Waals surface area contributed by atoms with Crippen LogP contribution in [0.3, 0.4) is 0 Å². The summed E-state index contributed by atoms with van der Waals surface area (Å²) in [6.07, 6.45) is 3.12. The van der Waals surface area contributed by atoms with Crippen LogP contribution in [0.15, 0.2) is 44.6 Å². The van der Waals surface area contributed by atoms with Crippen molar-refractivity contribution in [3.63, 3.8) is 0 Å². The molecule has 1 fully saturated rings. The predicted molar refractivity (Wildman–Crippen MR) is 119 cm³/mol. The number of aryl methyl sites for hydroxylation is 2. The summed E-state index contributed by atoms with van der Waals surface area (Å²) in [6.45, 7) is -0.297. The van der Waals surface area contributed by atoms with Gasteiger partial charge >= 0.3 is 5.69 Å². The minimum Gasteiger partial charge on any atom is -0.419 e. The largest absolute Gasteiger partial charge is 0.419 e. The Balaban J connectivity index is 1.41. The van der Waals surface area contributed by atoms with Crippen molar-refractivity contribution in [1.82, 2.24) is 33.8 Å². The summed E-state index contributed by atoms with van der Waals surface area (Å²) in [7, 11) is 3.19. The zero-order valence-electron chi connectivity index (χ0n) is 17.9. The van der Waals surface area contributed by atoms with E-state index in [0.29, 0.717) is 16.5 Å². The van der Waals surface area contributed by atoms with Crippen molar-refractivity contribution in [2.24, 2.45) is 14.1 Å². The summed E-state index contributed by atoms with van der Waals surface area (Å²) in [5, 5.41) is 8.71. The number of halogens is 1. The van der Waals surface area contributed by atoms with Gasteiger partial charge in [0.2, 0.25) is 17.7 Å². The lowest BCUT2D eigenvalue weighted by atomic mass is 10.2. The van der Waals surface area contributed by atoms with Crippen molar-refractivity contribution in [2.75, 3.05) is 0 Å². The molecule has 170 valence electrons. The van der Waals surface area contributed by atoms with Crippen LogP contribution in [0.4, 0.5) is 0 Å². The van der Waals surface area contributed by atoms with Crippen LogP contribution in [0.2, 0.25) is 5.02 Å². The Labute approximate surface area is 191 Å². The maximum Gasteiger partial charge on any atom is 0.332 e. The van der Waals surface area contributed by atoms with Gasteiger partial charge in [0.15, 0.2) is 11.2 Å². The molecule has 0 atom stereocenters. The second kappa shape index (κ2) is 8.00. The second-order valence-corrected chi connectivity index (χ2v) is 8.46. The monoisotopic (exact) mass is 469 g/mol. The number of hydrogen-bond donors (Lipinski definition) is 0.